The maximum atomic E-state index is 13.5. The first-order valence-electron chi connectivity index (χ1n) is 10.0. The topological polar surface area (TPSA) is 119 Å². The van der Waals surface area contributed by atoms with Crippen LogP contribution in [0.5, 0.6) is 5.75 Å². The molecule has 4 rings (SSSR count). The number of anilines is 1. The molecule has 13 heteroatoms. The number of carboxylic acids is 1. The number of carbonyl (C=O) groups excluding carboxylic acids is 2. The molecule has 1 aliphatic rings. The maximum Gasteiger partial charge on any atom is 0.339 e. The first kappa shape index (κ1) is 25.4. The Morgan fingerprint density at radius 1 is 1.08 bits per heavy atom. The summed E-state index contributed by atoms with van der Waals surface area (Å²) in [5.74, 6) is -4.73. The molecule has 0 aliphatic carbocycles. The second-order valence-electron chi connectivity index (χ2n) is 7.30. The molecular weight excluding hydrogens is 532 g/mol. The van der Waals surface area contributed by atoms with E-state index in [1.165, 1.54) is 23.5 Å². The van der Waals surface area contributed by atoms with Gasteiger partial charge in [-0.1, -0.05) is 30.0 Å². The number of hydrogen-bond acceptors (Lipinski definition) is 8. The number of aromatic hydroxyl groups is 1. The summed E-state index contributed by atoms with van der Waals surface area (Å²) < 4.78 is 26.9. The zero-order valence-corrected chi connectivity index (χ0v) is 20.4. The maximum absolute atomic E-state index is 13.5. The minimum atomic E-state index is -1.31. The molecule has 0 atom stereocenters. The third-order valence-electron chi connectivity index (χ3n) is 4.85. The zero-order chi connectivity index (χ0) is 26.0. The number of amides is 2. The molecule has 0 radical (unpaired) electrons. The van der Waals surface area contributed by atoms with Crippen LogP contribution in [-0.4, -0.2) is 43.9 Å². The number of phenols is 1. The van der Waals surface area contributed by atoms with Gasteiger partial charge in [-0.05, 0) is 52.9 Å². The Morgan fingerprint density at radius 2 is 1.86 bits per heavy atom. The predicted molar refractivity (Wildman–Crippen MR) is 136 cm³/mol. The molecule has 0 bridgehead atoms. The lowest BCUT2D eigenvalue weighted by molar-refractivity contribution is -0.124. The highest BCUT2D eigenvalue weighted by atomic mass is 32.2. The number of aromatic carboxylic acids is 1. The fourth-order valence-electron chi connectivity index (χ4n) is 3.14. The van der Waals surface area contributed by atoms with Crippen LogP contribution < -0.4 is 10.7 Å². The first-order valence-corrected chi connectivity index (χ1v) is 12.1. The number of thiophene rings is 1. The lowest BCUT2D eigenvalue weighted by Crippen LogP contribution is -2.44. The number of carboxylic acid groups (broad SMARTS) is 1. The van der Waals surface area contributed by atoms with Crippen molar-refractivity contribution in [1.29, 1.82) is 0 Å². The van der Waals surface area contributed by atoms with Crippen LogP contribution >= 0.6 is 35.3 Å². The van der Waals surface area contributed by atoms with Crippen molar-refractivity contribution in [3.8, 4) is 16.9 Å². The average Bonchev–Trinajstić information content (AvgIpc) is 3.38. The van der Waals surface area contributed by atoms with Crippen LogP contribution in [0.25, 0.3) is 17.2 Å². The summed E-state index contributed by atoms with van der Waals surface area (Å²) in [7, 11) is 0. The van der Waals surface area contributed by atoms with E-state index in [1.807, 2.05) is 0 Å². The van der Waals surface area contributed by atoms with Gasteiger partial charge in [-0.2, -0.15) is 0 Å². The first-order chi connectivity index (χ1) is 17.1. The van der Waals surface area contributed by atoms with Crippen molar-refractivity contribution in [1.82, 2.24) is 10.4 Å². The van der Waals surface area contributed by atoms with Crippen molar-refractivity contribution in [3.05, 3.63) is 74.8 Å². The van der Waals surface area contributed by atoms with Crippen molar-refractivity contribution in [2.75, 3.05) is 11.9 Å². The molecule has 3 aromatic rings. The van der Waals surface area contributed by atoms with Gasteiger partial charge in [0.05, 0.1) is 11.4 Å². The summed E-state index contributed by atoms with van der Waals surface area (Å²) in [5.41, 5.74) is 3.67. The summed E-state index contributed by atoms with van der Waals surface area (Å²) in [6.45, 7) is -0.333. The molecule has 8 nitrogen and oxygen atoms in total. The number of rotatable bonds is 7. The number of halogens is 2. The highest BCUT2D eigenvalue weighted by molar-refractivity contribution is 8.26. The molecular formula is C23H15F2N3O5S3. The van der Waals surface area contributed by atoms with Crippen molar-refractivity contribution < 1.29 is 33.4 Å². The van der Waals surface area contributed by atoms with E-state index in [-0.39, 0.29) is 22.1 Å². The molecule has 1 aromatic heterocycles. The number of hydrazine groups is 1. The van der Waals surface area contributed by atoms with E-state index in [0.29, 0.717) is 20.9 Å². The van der Waals surface area contributed by atoms with Crippen molar-refractivity contribution >= 4 is 69.2 Å². The normalized spacial score (nSPS) is 14.5. The minimum absolute atomic E-state index is 0.170. The van der Waals surface area contributed by atoms with Crippen LogP contribution in [0.15, 0.2) is 52.7 Å². The lowest BCUT2D eigenvalue weighted by atomic mass is 10.1. The van der Waals surface area contributed by atoms with Crippen molar-refractivity contribution in [3.63, 3.8) is 0 Å². The molecule has 0 unspecified atom stereocenters. The molecule has 2 heterocycles. The van der Waals surface area contributed by atoms with Crippen LogP contribution in [0.3, 0.4) is 0 Å². The monoisotopic (exact) mass is 547 g/mol. The van der Waals surface area contributed by atoms with E-state index in [4.69, 9.17) is 17.3 Å². The Balaban J connectivity index is 1.38. The summed E-state index contributed by atoms with van der Waals surface area (Å²) in [5, 5.41) is 24.0. The Morgan fingerprint density at radius 3 is 2.56 bits per heavy atom. The van der Waals surface area contributed by atoms with Gasteiger partial charge in [0.1, 0.15) is 11.3 Å². The molecule has 0 spiro atoms. The fourth-order valence-corrected chi connectivity index (χ4v) is 5.27. The molecule has 2 aromatic carbocycles. The molecule has 36 heavy (non-hydrogen) atoms. The number of carbonyl (C=O) groups is 3. The number of nitrogens with zero attached hydrogens (tertiary/aromatic N) is 1. The smallest absolute Gasteiger partial charge is 0.339 e. The third kappa shape index (κ3) is 5.60. The van der Waals surface area contributed by atoms with E-state index in [0.717, 1.165) is 41.0 Å². The van der Waals surface area contributed by atoms with E-state index in [2.05, 4.69) is 10.7 Å². The SMILES string of the molecule is O=C(CNN1C(=O)C(=Cc2cc(-c3ccc(F)c(F)c3)cs2)SC1=S)Nc1ccc(C(=O)O)c(O)c1. The number of hydrogen-bond donors (Lipinski definition) is 4. The molecule has 1 fully saturated rings. The summed E-state index contributed by atoms with van der Waals surface area (Å²) in [4.78, 5) is 37.0. The Labute approximate surface area is 216 Å². The Hall–Kier alpha value is -3.65. The van der Waals surface area contributed by atoms with Crippen molar-refractivity contribution in [2.45, 2.75) is 0 Å². The predicted octanol–water partition coefficient (Wildman–Crippen LogP) is 4.44. The highest BCUT2D eigenvalue weighted by Crippen LogP contribution is 2.34. The molecule has 4 N–H and O–H groups in total. The van der Waals surface area contributed by atoms with Crippen LogP contribution in [0.4, 0.5) is 14.5 Å². The zero-order valence-electron chi connectivity index (χ0n) is 18.0. The van der Waals surface area contributed by atoms with Gasteiger partial charge in [-0.3, -0.25) is 9.59 Å². The third-order valence-corrected chi connectivity index (χ3v) is 7.03. The van der Waals surface area contributed by atoms with Crippen LogP contribution in [0.1, 0.15) is 15.2 Å². The highest BCUT2D eigenvalue weighted by Gasteiger charge is 2.32. The molecule has 184 valence electrons. The summed E-state index contributed by atoms with van der Waals surface area (Å²) >= 11 is 7.57. The molecule has 1 aliphatic heterocycles. The van der Waals surface area contributed by atoms with E-state index in [9.17, 15) is 28.3 Å². The van der Waals surface area contributed by atoms with Gasteiger partial charge in [0.15, 0.2) is 16.0 Å². The average molecular weight is 548 g/mol. The Kier molecular flexibility index (Phi) is 7.45. The molecule has 1 saturated heterocycles. The fraction of sp³-hybridized carbons (Fsp3) is 0.0435. The van der Waals surface area contributed by atoms with Crippen LogP contribution in [0.2, 0.25) is 0 Å². The number of thioether (sulfide) groups is 1. The summed E-state index contributed by atoms with van der Waals surface area (Å²) in [6, 6.07) is 8.89. The van der Waals surface area contributed by atoms with Gasteiger partial charge in [0.25, 0.3) is 5.91 Å². The second kappa shape index (κ2) is 10.5. The van der Waals surface area contributed by atoms with Gasteiger partial charge in [0.2, 0.25) is 5.91 Å². The van der Waals surface area contributed by atoms with Gasteiger partial charge in [0, 0.05) is 16.6 Å². The van der Waals surface area contributed by atoms with Crippen LogP contribution in [-0.2, 0) is 9.59 Å². The quantitative estimate of drug-likeness (QED) is 0.253. The van der Waals surface area contributed by atoms with Gasteiger partial charge in [-0.25, -0.2) is 24.0 Å². The number of nitrogens with one attached hydrogen (secondary N) is 2. The standard InChI is InChI=1S/C23H15F2N3O5S3/c24-16-4-1-11(6-17(16)25)12-5-14(35-10-12)8-19-21(31)28(23(34)36-19)26-9-20(30)27-13-2-3-15(22(32)33)18(29)7-13/h1-8,10,26,29H,9H2,(H,27,30)(H,32,33). The molecule has 0 saturated carbocycles. The minimum Gasteiger partial charge on any atom is -0.507 e. The largest absolute Gasteiger partial charge is 0.507 e. The van der Waals surface area contributed by atoms with Crippen molar-refractivity contribution in [2.24, 2.45) is 0 Å². The number of thiocarbonyl (C=S) groups is 1. The Bertz CT molecular complexity index is 1440. The lowest BCUT2D eigenvalue weighted by Gasteiger charge is -2.15. The molecule has 2 amide bonds. The van der Waals surface area contributed by atoms with E-state index >= 15 is 0 Å². The van der Waals surface area contributed by atoms with Gasteiger partial charge >= 0.3 is 5.97 Å². The van der Waals surface area contributed by atoms with Gasteiger partial charge < -0.3 is 15.5 Å². The summed E-state index contributed by atoms with van der Waals surface area (Å²) in [6.07, 6.45) is 1.61. The van der Waals surface area contributed by atoms with Gasteiger partial charge in [-0.15, -0.1) is 11.3 Å². The van der Waals surface area contributed by atoms with E-state index < -0.39 is 35.2 Å². The van der Waals surface area contributed by atoms with Crippen LogP contribution in [0, 0.1) is 11.6 Å². The second-order valence-corrected chi connectivity index (χ2v) is 9.92. The van der Waals surface area contributed by atoms with E-state index in [1.54, 1.807) is 17.5 Å². The number of benzene rings is 2.